The molecule has 0 fully saturated rings. The number of halogens is 1. The quantitative estimate of drug-likeness (QED) is 0.891. The monoisotopic (exact) mass is 360 g/mol. The maximum absolute atomic E-state index is 12.4. The first kappa shape index (κ1) is 17.9. The second kappa shape index (κ2) is 6.57. The van der Waals surface area contributed by atoms with Crippen LogP contribution in [0.2, 0.25) is 5.02 Å². The number of carbonyl (C=O) groups is 1. The number of amides is 1. The van der Waals surface area contributed by atoms with Crippen molar-refractivity contribution in [1.29, 1.82) is 0 Å². The van der Waals surface area contributed by atoms with Crippen molar-refractivity contribution in [3.63, 3.8) is 0 Å². The van der Waals surface area contributed by atoms with Crippen molar-refractivity contribution >= 4 is 33.2 Å². The fourth-order valence-corrected chi connectivity index (χ4v) is 3.23. The Morgan fingerprint density at radius 3 is 2.61 bits per heavy atom. The Labute approximate surface area is 141 Å². The van der Waals surface area contributed by atoms with E-state index in [1.54, 1.807) is 12.1 Å². The molecule has 0 bridgehead atoms. The lowest BCUT2D eigenvalue weighted by Gasteiger charge is -2.34. The Morgan fingerprint density at radius 2 is 2.04 bits per heavy atom. The molecule has 128 valence electrons. The van der Waals surface area contributed by atoms with Crippen LogP contribution in [0.5, 0.6) is 5.75 Å². The lowest BCUT2D eigenvalue weighted by atomic mass is 10.1. The fraction of sp³-hybridized carbons (Fsp3) is 0.533. The van der Waals surface area contributed by atoms with Gasteiger partial charge in [-0.25, -0.2) is 8.42 Å². The van der Waals surface area contributed by atoms with Gasteiger partial charge in [0.05, 0.1) is 18.5 Å². The number of ether oxygens (including phenoxy) is 1. The van der Waals surface area contributed by atoms with Gasteiger partial charge in [-0.05, 0) is 31.0 Å². The highest BCUT2D eigenvalue weighted by Crippen LogP contribution is 2.37. The Bertz CT molecular complexity index is 705. The third-order valence-corrected chi connectivity index (χ3v) is 5.23. The van der Waals surface area contributed by atoms with Gasteiger partial charge in [0, 0.05) is 11.1 Å². The van der Waals surface area contributed by atoms with E-state index in [0.717, 1.165) is 10.6 Å². The van der Waals surface area contributed by atoms with E-state index in [9.17, 15) is 13.2 Å². The maximum Gasteiger partial charge on any atom is 0.263 e. The molecule has 0 saturated carbocycles. The first-order valence-corrected chi connectivity index (χ1v) is 9.56. The number of benzene rings is 1. The average Bonchev–Trinajstić information content (AvgIpc) is 2.44. The molecule has 0 aliphatic carbocycles. The van der Waals surface area contributed by atoms with Crippen LogP contribution in [-0.4, -0.2) is 39.3 Å². The second-order valence-electron chi connectivity index (χ2n) is 6.05. The zero-order valence-corrected chi connectivity index (χ0v) is 15.1. The maximum atomic E-state index is 12.4. The SMILES string of the molecule is CC(C)[C@H](C)NC(=O)[C@H]1CN(S(C)(=O)=O)c2cc(Cl)ccc2O1. The fourth-order valence-electron chi connectivity index (χ4n) is 2.16. The summed E-state index contributed by atoms with van der Waals surface area (Å²) in [6, 6.07) is 4.64. The predicted molar refractivity (Wildman–Crippen MR) is 90.5 cm³/mol. The summed E-state index contributed by atoms with van der Waals surface area (Å²) in [7, 11) is -3.55. The molecular formula is C15H21ClN2O4S. The molecule has 1 aromatic rings. The molecule has 2 atom stereocenters. The van der Waals surface area contributed by atoms with E-state index >= 15 is 0 Å². The lowest BCUT2D eigenvalue weighted by Crippen LogP contribution is -2.52. The smallest absolute Gasteiger partial charge is 0.263 e. The van der Waals surface area contributed by atoms with Crippen molar-refractivity contribution in [2.24, 2.45) is 5.92 Å². The summed E-state index contributed by atoms with van der Waals surface area (Å²) in [5.74, 6) is 0.253. The molecule has 1 N–H and O–H groups in total. The van der Waals surface area contributed by atoms with Crippen LogP contribution in [0.15, 0.2) is 18.2 Å². The molecule has 6 nitrogen and oxygen atoms in total. The van der Waals surface area contributed by atoms with Crippen LogP contribution in [-0.2, 0) is 14.8 Å². The van der Waals surface area contributed by atoms with Gasteiger partial charge in [-0.3, -0.25) is 9.10 Å². The van der Waals surface area contributed by atoms with Crippen LogP contribution in [0.25, 0.3) is 0 Å². The molecule has 1 amide bonds. The summed E-state index contributed by atoms with van der Waals surface area (Å²) >= 11 is 5.94. The van der Waals surface area contributed by atoms with Gasteiger partial charge >= 0.3 is 0 Å². The van der Waals surface area contributed by atoms with E-state index < -0.39 is 16.1 Å². The summed E-state index contributed by atoms with van der Waals surface area (Å²) < 4.78 is 30.9. The lowest BCUT2D eigenvalue weighted by molar-refractivity contribution is -0.128. The van der Waals surface area contributed by atoms with Crippen LogP contribution in [0.3, 0.4) is 0 Å². The third-order valence-electron chi connectivity index (χ3n) is 3.85. The summed E-state index contributed by atoms with van der Waals surface area (Å²) in [6.07, 6.45) is 0.189. The third kappa shape index (κ3) is 4.09. The van der Waals surface area contributed by atoms with Crippen LogP contribution >= 0.6 is 11.6 Å². The number of hydrogen-bond donors (Lipinski definition) is 1. The summed E-state index contributed by atoms with van der Waals surface area (Å²) in [6.45, 7) is 5.80. The summed E-state index contributed by atoms with van der Waals surface area (Å²) in [5.41, 5.74) is 0.348. The molecule has 0 spiro atoms. The molecule has 1 aromatic carbocycles. The van der Waals surface area contributed by atoms with Crippen LogP contribution in [0.1, 0.15) is 20.8 Å². The molecule has 0 radical (unpaired) electrons. The first-order chi connectivity index (χ1) is 10.6. The molecule has 2 rings (SSSR count). The normalized spacial score (nSPS) is 19.0. The standard InChI is InChI=1S/C15H21ClN2O4S/c1-9(2)10(3)17-15(19)14-8-18(23(4,20)21)12-7-11(16)5-6-13(12)22-14/h5-7,9-10,14H,8H2,1-4H3,(H,17,19)/t10-,14+/m0/s1. The van der Waals surface area contributed by atoms with Crippen molar-refractivity contribution in [3.8, 4) is 5.75 Å². The number of carbonyl (C=O) groups excluding carboxylic acids is 1. The molecule has 8 heteroatoms. The molecule has 0 saturated heterocycles. The topological polar surface area (TPSA) is 75.7 Å². The highest BCUT2D eigenvalue weighted by molar-refractivity contribution is 7.92. The summed E-state index contributed by atoms with van der Waals surface area (Å²) in [4.78, 5) is 12.4. The number of hydrogen-bond acceptors (Lipinski definition) is 4. The Balaban J connectivity index is 2.30. The van der Waals surface area contributed by atoms with Crippen molar-refractivity contribution in [2.45, 2.75) is 32.9 Å². The van der Waals surface area contributed by atoms with Crippen molar-refractivity contribution in [2.75, 3.05) is 17.1 Å². The largest absolute Gasteiger partial charge is 0.476 e. The molecule has 23 heavy (non-hydrogen) atoms. The Morgan fingerprint density at radius 1 is 1.39 bits per heavy atom. The number of sulfonamides is 1. The zero-order valence-electron chi connectivity index (χ0n) is 13.5. The van der Waals surface area contributed by atoms with Gasteiger partial charge in [0.1, 0.15) is 5.75 Å². The van der Waals surface area contributed by atoms with Crippen molar-refractivity contribution < 1.29 is 17.9 Å². The molecular weight excluding hydrogens is 340 g/mol. The van der Waals surface area contributed by atoms with Crippen molar-refractivity contribution in [1.82, 2.24) is 5.32 Å². The number of nitrogens with one attached hydrogen (secondary N) is 1. The van der Waals surface area contributed by atoms with Crippen molar-refractivity contribution in [3.05, 3.63) is 23.2 Å². The van der Waals surface area contributed by atoms with Gasteiger partial charge in [-0.15, -0.1) is 0 Å². The number of anilines is 1. The summed E-state index contributed by atoms with van der Waals surface area (Å²) in [5, 5.41) is 3.25. The molecule has 1 aliphatic rings. The highest BCUT2D eigenvalue weighted by Gasteiger charge is 2.35. The average molecular weight is 361 g/mol. The van der Waals surface area contributed by atoms with Gasteiger partial charge in [-0.1, -0.05) is 25.4 Å². The minimum atomic E-state index is -3.55. The molecule has 1 aliphatic heterocycles. The van der Waals surface area contributed by atoms with E-state index in [2.05, 4.69) is 5.32 Å². The molecule has 1 heterocycles. The number of fused-ring (bicyclic) bond motifs is 1. The van der Waals surface area contributed by atoms with Gasteiger partial charge in [0.25, 0.3) is 5.91 Å². The zero-order chi connectivity index (χ0) is 17.4. The van der Waals surface area contributed by atoms with E-state index in [-0.39, 0.29) is 24.4 Å². The Kier molecular flexibility index (Phi) is 5.10. The van der Waals surface area contributed by atoms with Gasteiger partial charge in [0.15, 0.2) is 6.10 Å². The van der Waals surface area contributed by atoms with Crippen LogP contribution in [0, 0.1) is 5.92 Å². The Hall–Kier alpha value is -1.47. The molecule has 0 aromatic heterocycles. The first-order valence-electron chi connectivity index (χ1n) is 7.34. The number of rotatable bonds is 4. The second-order valence-corrected chi connectivity index (χ2v) is 8.40. The predicted octanol–water partition coefficient (Wildman–Crippen LogP) is 2.03. The van der Waals surface area contributed by atoms with E-state index in [4.69, 9.17) is 16.3 Å². The highest BCUT2D eigenvalue weighted by atomic mass is 35.5. The van der Waals surface area contributed by atoms with Gasteiger partial charge in [-0.2, -0.15) is 0 Å². The van der Waals surface area contributed by atoms with Crippen LogP contribution in [0.4, 0.5) is 5.69 Å². The minimum Gasteiger partial charge on any atom is -0.476 e. The number of nitrogens with zero attached hydrogens (tertiary/aromatic N) is 1. The van der Waals surface area contributed by atoms with E-state index in [1.165, 1.54) is 6.07 Å². The van der Waals surface area contributed by atoms with E-state index in [0.29, 0.717) is 16.5 Å². The van der Waals surface area contributed by atoms with Gasteiger partial charge in [0.2, 0.25) is 10.0 Å². The van der Waals surface area contributed by atoms with Crippen LogP contribution < -0.4 is 14.4 Å². The van der Waals surface area contributed by atoms with Gasteiger partial charge < -0.3 is 10.1 Å². The van der Waals surface area contributed by atoms with E-state index in [1.807, 2.05) is 20.8 Å². The molecule has 0 unspecified atom stereocenters. The minimum absolute atomic E-state index is 0.0376.